The van der Waals surface area contributed by atoms with Crippen LogP contribution in [0.1, 0.15) is 6.42 Å². The molecular formula is C8H6F4NO2. The number of rotatable bonds is 3. The van der Waals surface area contributed by atoms with E-state index in [0.29, 0.717) is 0 Å². The van der Waals surface area contributed by atoms with Gasteiger partial charge in [-0.2, -0.15) is 8.78 Å². The number of hydrogen-bond donors (Lipinski definition) is 0. The van der Waals surface area contributed by atoms with Crippen molar-refractivity contribution in [1.82, 2.24) is 0 Å². The van der Waals surface area contributed by atoms with Crippen molar-refractivity contribution in [2.75, 3.05) is 7.11 Å². The van der Waals surface area contributed by atoms with Crippen LogP contribution in [0, 0.1) is 6.08 Å². The number of hydrogen-bond acceptors (Lipinski definition) is 3. The highest BCUT2D eigenvalue weighted by Gasteiger charge is 2.24. The highest BCUT2D eigenvalue weighted by Crippen LogP contribution is 2.25. The first-order valence-corrected chi connectivity index (χ1v) is 3.78. The predicted octanol–water partition coefficient (Wildman–Crippen LogP) is 2.47. The first kappa shape index (κ1) is 11.5. The molecule has 1 rings (SSSR count). The van der Waals surface area contributed by atoms with Crippen LogP contribution in [-0.2, 0) is 9.57 Å². The summed E-state index contributed by atoms with van der Waals surface area (Å²) in [4.78, 5) is 4.22. The van der Waals surface area contributed by atoms with Crippen LogP contribution in [0.2, 0.25) is 0 Å². The lowest BCUT2D eigenvalue weighted by molar-refractivity contribution is -0.0976. The van der Waals surface area contributed by atoms with E-state index in [1.165, 1.54) is 0 Å². The molecule has 0 atom stereocenters. The van der Waals surface area contributed by atoms with Crippen molar-refractivity contribution in [3.05, 3.63) is 23.5 Å². The van der Waals surface area contributed by atoms with Crippen molar-refractivity contribution in [2.24, 2.45) is 5.16 Å². The molecule has 1 aliphatic carbocycles. The normalized spacial score (nSPS) is 19.6. The quantitative estimate of drug-likeness (QED) is 0.544. The van der Waals surface area contributed by atoms with Crippen LogP contribution in [0.3, 0.4) is 0 Å². The molecule has 7 heteroatoms. The Morgan fingerprint density at radius 1 is 1.40 bits per heavy atom. The minimum Gasteiger partial charge on any atom is -0.438 e. The highest BCUT2D eigenvalue weighted by atomic mass is 19.3. The SMILES string of the molecule is CON=C1CC(OC(F)F)=[C]C(F)=C1F. The lowest BCUT2D eigenvalue weighted by Gasteiger charge is -2.13. The Morgan fingerprint density at radius 2 is 2.07 bits per heavy atom. The fourth-order valence-electron chi connectivity index (χ4n) is 0.939. The van der Waals surface area contributed by atoms with E-state index in [1.54, 1.807) is 6.08 Å². The summed E-state index contributed by atoms with van der Waals surface area (Å²) in [5.41, 5.74) is -0.454. The Kier molecular flexibility index (Phi) is 3.70. The lowest BCUT2D eigenvalue weighted by atomic mass is 10.1. The van der Waals surface area contributed by atoms with Crippen molar-refractivity contribution < 1.29 is 27.1 Å². The van der Waals surface area contributed by atoms with Gasteiger partial charge < -0.3 is 9.57 Å². The molecule has 0 saturated carbocycles. The third-order valence-electron chi connectivity index (χ3n) is 1.46. The lowest BCUT2D eigenvalue weighted by Crippen LogP contribution is -2.12. The fraction of sp³-hybridized carbons (Fsp3) is 0.375. The third-order valence-corrected chi connectivity index (χ3v) is 1.46. The zero-order chi connectivity index (χ0) is 11.4. The second-order valence-electron chi connectivity index (χ2n) is 2.45. The van der Waals surface area contributed by atoms with Crippen LogP contribution in [0.4, 0.5) is 17.6 Å². The van der Waals surface area contributed by atoms with Crippen molar-refractivity contribution in [1.29, 1.82) is 0 Å². The Balaban J connectivity index is 2.89. The summed E-state index contributed by atoms with van der Waals surface area (Å²) in [5.74, 6) is -3.26. The number of oxime groups is 1. The molecular weight excluding hydrogens is 218 g/mol. The van der Waals surface area contributed by atoms with Crippen molar-refractivity contribution >= 4 is 5.71 Å². The van der Waals surface area contributed by atoms with E-state index >= 15 is 0 Å². The average molecular weight is 224 g/mol. The highest BCUT2D eigenvalue weighted by molar-refractivity contribution is 6.00. The van der Waals surface area contributed by atoms with E-state index in [2.05, 4.69) is 14.7 Å². The molecule has 0 unspecified atom stereocenters. The second kappa shape index (κ2) is 4.81. The Hall–Kier alpha value is -1.53. The van der Waals surface area contributed by atoms with Crippen LogP contribution in [0.15, 0.2) is 22.6 Å². The van der Waals surface area contributed by atoms with Gasteiger partial charge in [0.2, 0.25) is 0 Å². The minimum absolute atomic E-state index is 0.433. The van der Waals surface area contributed by atoms with Crippen LogP contribution < -0.4 is 0 Å². The zero-order valence-corrected chi connectivity index (χ0v) is 7.56. The number of halogens is 4. The molecule has 0 bridgehead atoms. The van der Waals surface area contributed by atoms with Gasteiger partial charge in [-0.25, -0.2) is 8.78 Å². The Labute approximate surface area is 82.6 Å². The van der Waals surface area contributed by atoms with Gasteiger partial charge in [-0.05, 0) is 0 Å². The number of allylic oxidation sites excluding steroid dienone is 4. The molecule has 0 saturated heterocycles. The first-order valence-electron chi connectivity index (χ1n) is 3.78. The molecule has 0 spiro atoms. The molecule has 0 amide bonds. The summed E-state index contributed by atoms with van der Waals surface area (Å²) in [6.07, 6.45) is 1.27. The predicted molar refractivity (Wildman–Crippen MR) is 42.1 cm³/mol. The summed E-state index contributed by atoms with van der Waals surface area (Å²) < 4.78 is 53.1. The van der Waals surface area contributed by atoms with Gasteiger partial charge in [0.25, 0.3) is 0 Å². The zero-order valence-electron chi connectivity index (χ0n) is 7.56. The number of nitrogens with zero attached hydrogens (tertiary/aromatic N) is 1. The molecule has 0 aliphatic heterocycles. The third kappa shape index (κ3) is 2.97. The van der Waals surface area contributed by atoms with Crippen LogP contribution in [0.25, 0.3) is 0 Å². The van der Waals surface area contributed by atoms with Gasteiger partial charge in [-0.3, -0.25) is 0 Å². The summed E-state index contributed by atoms with van der Waals surface area (Å²) in [5, 5.41) is 3.13. The monoisotopic (exact) mass is 224 g/mol. The molecule has 83 valence electrons. The van der Waals surface area contributed by atoms with E-state index < -0.39 is 36.2 Å². The van der Waals surface area contributed by atoms with Crippen molar-refractivity contribution in [3.8, 4) is 0 Å². The maximum atomic E-state index is 12.9. The summed E-state index contributed by atoms with van der Waals surface area (Å²) in [7, 11) is 1.12. The molecule has 0 N–H and O–H groups in total. The molecule has 0 aromatic heterocycles. The molecule has 0 aromatic carbocycles. The van der Waals surface area contributed by atoms with Gasteiger partial charge in [0.15, 0.2) is 11.7 Å². The number of alkyl halides is 2. The van der Waals surface area contributed by atoms with Gasteiger partial charge >= 0.3 is 6.61 Å². The van der Waals surface area contributed by atoms with E-state index in [-0.39, 0.29) is 0 Å². The van der Waals surface area contributed by atoms with E-state index in [4.69, 9.17) is 0 Å². The summed E-state index contributed by atoms with van der Waals surface area (Å²) >= 11 is 0. The second-order valence-corrected chi connectivity index (χ2v) is 2.45. The smallest absolute Gasteiger partial charge is 0.387 e. The molecule has 0 aromatic rings. The van der Waals surface area contributed by atoms with Crippen LogP contribution in [-0.4, -0.2) is 19.4 Å². The van der Waals surface area contributed by atoms with Gasteiger partial charge in [0, 0.05) is 0 Å². The van der Waals surface area contributed by atoms with Gasteiger partial charge in [-0.1, -0.05) is 5.16 Å². The summed E-state index contributed by atoms with van der Waals surface area (Å²) in [6.45, 7) is -3.12. The van der Waals surface area contributed by atoms with E-state index in [1.807, 2.05) is 0 Å². The van der Waals surface area contributed by atoms with Crippen LogP contribution in [0.5, 0.6) is 0 Å². The minimum atomic E-state index is -3.12. The van der Waals surface area contributed by atoms with E-state index in [0.717, 1.165) is 7.11 Å². The molecule has 1 radical (unpaired) electrons. The molecule has 15 heavy (non-hydrogen) atoms. The van der Waals surface area contributed by atoms with Gasteiger partial charge in [0.1, 0.15) is 18.6 Å². The number of ether oxygens (including phenoxy) is 1. The maximum Gasteiger partial charge on any atom is 0.387 e. The Morgan fingerprint density at radius 3 is 2.60 bits per heavy atom. The van der Waals surface area contributed by atoms with Gasteiger partial charge in [0.05, 0.1) is 12.5 Å². The largest absolute Gasteiger partial charge is 0.438 e. The van der Waals surface area contributed by atoms with Crippen molar-refractivity contribution in [2.45, 2.75) is 13.0 Å². The van der Waals surface area contributed by atoms with Crippen molar-refractivity contribution in [3.63, 3.8) is 0 Å². The Bertz CT molecular complexity index is 336. The molecule has 0 fully saturated rings. The average Bonchev–Trinajstić information content (AvgIpc) is 2.12. The molecule has 3 nitrogen and oxygen atoms in total. The maximum absolute atomic E-state index is 12.9. The van der Waals surface area contributed by atoms with Gasteiger partial charge in [-0.15, -0.1) is 0 Å². The topological polar surface area (TPSA) is 30.8 Å². The first-order chi connectivity index (χ1) is 7.04. The summed E-state index contributed by atoms with van der Waals surface area (Å²) in [6, 6.07) is 0. The van der Waals surface area contributed by atoms with Crippen LogP contribution >= 0.6 is 0 Å². The van der Waals surface area contributed by atoms with E-state index in [9.17, 15) is 17.6 Å². The molecule has 1 aliphatic rings. The molecule has 0 heterocycles. The fourth-order valence-corrected chi connectivity index (χ4v) is 0.939. The standard InChI is InChI=1S/C8H6F4NO2/c1-14-13-6-3-4(15-8(11)12)2-5(9)7(6)10/h8H,3H2,1H3.